The number of amides is 2. The zero-order chi connectivity index (χ0) is 17.7. The van der Waals surface area contributed by atoms with Crippen LogP contribution in [-0.4, -0.2) is 44.6 Å². The van der Waals surface area contributed by atoms with Crippen LogP contribution >= 0.6 is 11.8 Å². The number of carboxylic acids is 1. The van der Waals surface area contributed by atoms with Crippen molar-refractivity contribution in [1.82, 2.24) is 10.2 Å². The Hall–Kier alpha value is -2.02. The number of hydrogen-bond acceptors (Lipinski definition) is 4. The second-order valence-electron chi connectivity index (χ2n) is 6.71. The highest BCUT2D eigenvalue weighted by molar-refractivity contribution is 8.01. The SMILES string of the molecule is CC1(C)S[C@@H]2c3ccccc3C(=O)N2[C@]1(C)C(=O)NCCC(=O)O. The van der Waals surface area contributed by atoms with Crippen molar-refractivity contribution < 1.29 is 19.5 Å². The normalized spacial score (nSPS) is 26.9. The summed E-state index contributed by atoms with van der Waals surface area (Å²) in [6.07, 6.45) is -0.146. The van der Waals surface area contributed by atoms with E-state index in [1.165, 1.54) is 0 Å². The van der Waals surface area contributed by atoms with Crippen LogP contribution in [0.15, 0.2) is 24.3 Å². The highest BCUT2D eigenvalue weighted by Crippen LogP contribution is 2.61. The van der Waals surface area contributed by atoms with Crippen molar-refractivity contribution in [3.63, 3.8) is 0 Å². The lowest BCUT2D eigenvalue weighted by Crippen LogP contribution is -2.63. The van der Waals surface area contributed by atoms with Crippen LogP contribution in [0.4, 0.5) is 0 Å². The van der Waals surface area contributed by atoms with E-state index >= 15 is 0 Å². The molecule has 1 saturated heterocycles. The van der Waals surface area contributed by atoms with Gasteiger partial charge in [0, 0.05) is 16.9 Å². The van der Waals surface area contributed by atoms with Crippen LogP contribution in [0.25, 0.3) is 0 Å². The van der Waals surface area contributed by atoms with Crippen LogP contribution in [0.2, 0.25) is 0 Å². The molecule has 2 heterocycles. The van der Waals surface area contributed by atoms with Gasteiger partial charge in [-0.1, -0.05) is 18.2 Å². The van der Waals surface area contributed by atoms with E-state index in [0.29, 0.717) is 5.56 Å². The summed E-state index contributed by atoms with van der Waals surface area (Å²) in [5.74, 6) is -1.43. The van der Waals surface area contributed by atoms with Gasteiger partial charge in [-0.15, -0.1) is 11.8 Å². The van der Waals surface area contributed by atoms with Crippen molar-refractivity contribution in [1.29, 1.82) is 0 Å². The van der Waals surface area contributed by atoms with Crippen molar-refractivity contribution in [3.8, 4) is 0 Å². The Balaban J connectivity index is 1.94. The first kappa shape index (κ1) is 16.8. The van der Waals surface area contributed by atoms with Crippen molar-refractivity contribution >= 4 is 29.5 Å². The molecule has 2 aliphatic rings. The number of hydrogen-bond donors (Lipinski definition) is 2. The first-order chi connectivity index (χ1) is 11.2. The second kappa shape index (κ2) is 5.51. The van der Waals surface area contributed by atoms with Gasteiger partial charge in [0.05, 0.1) is 6.42 Å². The van der Waals surface area contributed by atoms with Gasteiger partial charge >= 0.3 is 5.97 Å². The number of carboxylic acid groups (broad SMARTS) is 1. The Labute approximate surface area is 144 Å². The van der Waals surface area contributed by atoms with E-state index in [0.717, 1.165) is 5.56 Å². The summed E-state index contributed by atoms with van der Waals surface area (Å²) >= 11 is 1.59. The predicted molar refractivity (Wildman–Crippen MR) is 90.7 cm³/mol. The summed E-state index contributed by atoms with van der Waals surface area (Å²) in [7, 11) is 0. The van der Waals surface area contributed by atoms with Gasteiger partial charge in [-0.3, -0.25) is 14.4 Å². The van der Waals surface area contributed by atoms with Gasteiger partial charge < -0.3 is 15.3 Å². The Morgan fingerprint density at radius 2 is 1.96 bits per heavy atom. The summed E-state index contributed by atoms with van der Waals surface area (Å²) in [4.78, 5) is 38.1. The first-order valence-corrected chi connectivity index (χ1v) is 8.68. The van der Waals surface area contributed by atoms with E-state index in [2.05, 4.69) is 5.32 Å². The third-order valence-electron chi connectivity index (χ3n) is 5.04. The number of carbonyl (C=O) groups is 3. The van der Waals surface area contributed by atoms with E-state index in [1.54, 1.807) is 29.7 Å². The number of rotatable bonds is 4. The molecule has 7 heteroatoms. The van der Waals surface area contributed by atoms with Gasteiger partial charge in [0.15, 0.2) is 0 Å². The van der Waals surface area contributed by atoms with Crippen molar-refractivity contribution in [2.45, 2.75) is 42.9 Å². The summed E-state index contributed by atoms with van der Waals surface area (Å²) in [6, 6.07) is 7.42. The summed E-state index contributed by atoms with van der Waals surface area (Å²) in [5.41, 5.74) is 0.509. The molecule has 1 aromatic rings. The zero-order valence-electron chi connectivity index (χ0n) is 13.8. The molecule has 128 valence electrons. The van der Waals surface area contributed by atoms with Crippen molar-refractivity contribution in [3.05, 3.63) is 35.4 Å². The molecule has 0 aromatic heterocycles. The average molecular weight is 348 g/mol. The lowest BCUT2D eigenvalue weighted by atomic mass is 9.84. The van der Waals surface area contributed by atoms with Crippen LogP contribution < -0.4 is 5.32 Å². The van der Waals surface area contributed by atoms with E-state index in [-0.39, 0.29) is 30.2 Å². The number of aliphatic carboxylic acids is 1. The van der Waals surface area contributed by atoms with Crippen LogP contribution in [0, 0.1) is 0 Å². The molecular weight excluding hydrogens is 328 g/mol. The third-order valence-corrected chi connectivity index (χ3v) is 6.71. The van der Waals surface area contributed by atoms with Gasteiger partial charge in [0.2, 0.25) is 5.91 Å². The minimum atomic E-state index is -1.06. The minimum absolute atomic E-state index is 0.0458. The Kier molecular flexibility index (Phi) is 3.86. The molecule has 0 unspecified atom stereocenters. The van der Waals surface area contributed by atoms with Crippen molar-refractivity contribution in [2.75, 3.05) is 6.54 Å². The van der Waals surface area contributed by atoms with Crippen LogP contribution in [0.3, 0.4) is 0 Å². The zero-order valence-corrected chi connectivity index (χ0v) is 14.6. The number of fused-ring (bicyclic) bond motifs is 3. The molecule has 0 saturated carbocycles. The monoisotopic (exact) mass is 348 g/mol. The molecule has 3 rings (SSSR count). The van der Waals surface area contributed by atoms with Crippen LogP contribution in [0.1, 0.15) is 48.5 Å². The highest BCUT2D eigenvalue weighted by atomic mass is 32.2. The molecule has 2 aliphatic heterocycles. The molecule has 2 amide bonds. The fourth-order valence-corrected chi connectivity index (χ4v) is 5.08. The number of thioether (sulfide) groups is 1. The number of nitrogens with zero attached hydrogens (tertiary/aromatic N) is 1. The highest BCUT2D eigenvalue weighted by Gasteiger charge is 2.65. The van der Waals surface area contributed by atoms with Crippen LogP contribution in [0.5, 0.6) is 0 Å². The number of carbonyl (C=O) groups excluding carboxylic acids is 2. The molecule has 0 aliphatic carbocycles. The molecule has 1 fully saturated rings. The summed E-state index contributed by atoms with van der Waals surface area (Å²) in [5, 5.41) is 11.2. The maximum absolute atomic E-state index is 12.9. The second-order valence-corrected chi connectivity index (χ2v) is 8.42. The van der Waals surface area contributed by atoms with Gasteiger partial charge in [-0.25, -0.2) is 0 Å². The molecule has 6 nitrogen and oxygen atoms in total. The molecule has 2 atom stereocenters. The molecule has 0 bridgehead atoms. The third kappa shape index (κ3) is 2.22. The topological polar surface area (TPSA) is 86.7 Å². The molecule has 0 radical (unpaired) electrons. The van der Waals surface area contributed by atoms with E-state index in [9.17, 15) is 14.4 Å². The lowest BCUT2D eigenvalue weighted by Gasteiger charge is -2.40. The van der Waals surface area contributed by atoms with E-state index in [4.69, 9.17) is 5.11 Å². The largest absolute Gasteiger partial charge is 0.481 e. The fourth-order valence-electron chi connectivity index (χ4n) is 3.36. The van der Waals surface area contributed by atoms with E-state index in [1.807, 2.05) is 32.0 Å². The average Bonchev–Trinajstić information content (AvgIpc) is 2.90. The fraction of sp³-hybridized carbons (Fsp3) is 0.471. The summed E-state index contributed by atoms with van der Waals surface area (Å²) < 4.78 is -0.506. The lowest BCUT2D eigenvalue weighted by molar-refractivity contribution is -0.137. The predicted octanol–water partition coefficient (Wildman–Crippen LogP) is 2.02. The maximum Gasteiger partial charge on any atom is 0.305 e. The number of nitrogens with one attached hydrogen (secondary N) is 1. The minimum Gasteiger partial charge on any atom is -0.481 e. The van der Waals surface area contributed by atoms with Crippen LogP contribution in [-0.2, 0) is 9.59 Å². The maximum atomic E-state index is 12.9. The summed E-state index contributed by atoms with van der Waals surface area (Å²) in [6.45, 7) is 5.70. The van der Waals surface area contributed by atoms with E-state index < -0.39 is 16.3 Å². The molecule has 2 N–H and O–H groups in total. The molecule has 1 aromatic carbocycles. The standard InChI is InChI=1S/C17H20N2O4S/c1-16(2)17(3,15(23)18-9-8-12(20)21)19-13(22)10-6-4-5-7-11(10)14(19)24-16/h4-7,14H,8-9H2,1-3H3,(H,18,23)(H,20,21)/t14-,17-/m1/s1. The number of benzene rings is 1. The molecule has 24 heavy (non-hydrogen) atoms. The van der Waals surface area contributed by atoms with Gasteiger partial charge in [0.1, 0.15) is 10.9 Å². The molecular formula is C17H20N2O4S. The quantitative estimate of drug-likeness (QED) is 0.869. The Bertz CT molecular complexity index is 733. The first-order valence-electron chi connectivity index (χ1n) is 7.80. The Morgan fingerprint density at radius 3 is 2.62 bits per heavy atom. The van der Waals surface area contributed by atoms with Gasteiger partial charge in [-0.05, 0) is 32.4 Å². The van der Waals surface area contributed by atoms with Crippen molar-refractivity contribution in [2.24, 2.45) is 0 Å². The smallest absolute Gasteiger partial charge is 0.305 e. The van der Waals surface area contributed by atoms with Gasteiger partial charge in [-0.2, -0.15) is 0 Å². The molecule has 0 spiro atoms. The Morgan fingerprint density at radius 1 is 1.29 bits per heavy atom. The van der Waals surface area contributed by atoms with Gasteiger partial charge in [0.25, 0.3) is 5.91 Å².